The highest BCUT2D eigenvalue weighted by Gasteiger charge is 2.24. The van der Waals surface area contributed by atoms with Gasteiger partial charge in [0, 0.05) is 19.0 Å². The molecule has 134 valence electrons. The Bertz CT molecular complexity index is 503. The molecular formula is C19H31N3O2. The zero-order chi connectivity index (χ0) is 17.9. The normalized spacial score (nSPS) is 13.4. The molecule has 1 aromatic carbocycles. The quantitative estimate of drug-likeness (QED) is 0.615. The lowest BCUT2D eigenvalue weighted by molar-refractivity contribution is -0.130. The lowest BCUT2D eigenvalue weighted by Crippen LogP contribution is -2.47. The van der Waals surface area contributed by atoms with Crippen LogP contribution in [0.2, 0.25) is 0 Å². The van der Waals surface area contributed by atoms with E-state index in [-0.39, 0.29) is 23.8 Å². The average molecular weight is 333 g/mol. The lowest BCUT2D eigenvalue weighted by Gasteiger charge is -2.23. The van der Waals surface area contributed by atoms with E-state index in [4.69, 9.17) is 5.73 Å². The van der Waals surface area contributed by atoms with Crippen molar-refractivity contribution in [3.8, 4) is 0 Å². The molecule has 2 atom stereocenters. The summed E-state index contributed by atoms with van der Waals surface area (Å²) < 4.78 is 0. The monoisotopic (exact) mass is 333 g/mol. The molecule has 0 bridgehead atoms. The third-order valence-corrected chi connectivity index (χ3v) is 3.83. The number of unbranched alkanes of at least 4 members (excludes halogenated alkanes) is 1. The number of hydrogen-bond donors (Lipinski definition) is 3. The van der Waals surface area contributed by atoms with Crippen LogP contribution in [-0.2, 0) is 9.59 Å². The first-order valence-corrected chi connectivity index (χ1v) is 8.82. The van der Waals surface area contributed by atoms with Crippen molar-refractivity contribution >= 4 is 11.8 Å². The van der Waals surface area contributed by atoms with Crippen molar-refractivity contribution in [2.45, 2.75) is 58.5 Å². The number of benzene rings is 1. The molecular weight excluding hydrogens is 302 g/mol. The highest BCUT2D eigenvalue weighted by atomic mass is 16.2. The van der Waals surface area contributed by atoms with E-state index in [9.17, 15) is 9.59 Å². The van der Waals surface area contributed by atoms with Gasteiger partial charge in [0.05, 0.1) is 0 Å². The highest BCUT2D eigenvalue weighted by Crippen LogP contribution is 2.15. The predicted octanol–water partition coefficient (Wildman–Crippen LogP) is 2.52. The van der Waals surface area contributed by atoms with Crippen LogP contribution in [0.25, 0.3) is 0 Å². The lowest BCUT2D eigenvalue weighted by atomic mass is 10.0. The maximum Gasteiger partial charge on any atom is 0.247 e. The summed E-state index contributed by atoms with van der Waals surface area (Å²) in [4.78, 5) is 24.9. The molecule has 0 aliphatic carbocycles. The van der Waals surface area contributed by atoms with Gasteiger partial charge in [-0.2, -0.15) is 0 Å². The van der Waals surface area contributed by atoms with Gasteiger partial charge in [-0.3, -0.25) is 9.59 Å². The van der Waals surface area contributed by atoms with Gasteiger partial charge in [0.2, 0.25) is 11.8 Å². The molecule has 0 radical (unpaired) electrons. The molecule has 5 nitrogen and oxygen atoms in total. The van der Waals surface area contributed by atoms with Gasteiger partial charge in [-0.05, 0) is 17.9 Å². The van der Waals surface area contributed by atoms with Crippen molar-refractivity contribution in [1.82, 2.24) is 10.6 Å². The van der Waals surface area contributed by atoms with Crippen molar-refractivity contribution in [2.75, 3.05) is 6.54 Å². The Labute approximate surface area is 145 Å². The summed E-state index contributed by atoms with van der Waals surface area (Å²) in [6.45, 7) is 6.46. The average Bonchev–Trinajstić information content (AvgIpc) is 2.56. The summed E-state index contributed by atoms with van der Waals surface area (Å²) in [5, 5.41) is 5.84. The Hall–Kier alpha value is -1.88. The molecule has 0 fully saturated rings. The fourth-order valence-electron chi connectivity index (χ4n) is 2.52. The van der Waals surface area contributed by atoms with Crippen molar-refractivity contribution < 1.29 is 9.59 Å². The Morgan fingerprint density at radius 3 is 2.33 bits per heavy atom. The van der Waals surface area contributed by atoms with Crippen LogP contribution < -0.4 is 16.4 Å². The van der Waals surface area contributed by atoms with E-state index in [1.165, 1.54) is 0 Å². The van der Waals surface area contributed by atoms with Crippen LogP contribution in [0.3, 0.4) is 0 Å². The topological polar surface area (TPSA) is 84.2 Å². The summed E-state index contributed by atoms with van der Waals surface area (Å²) in [6, 6.07) is 8.56. The van der Waals surface area contributed by atoms with Crippen LogP contribution in [-0.4, -0.2) is 24.4 Å². The van der Waals surface area contributed by atoms with Crippen molar-refractivity contribution in [3.63, 3.8) is 0 Å². The fraction of sp³-hybridized carbons (Fsp3) is 0.579. The van der Waals surface area contributed by atoms with Gasteiger partial charge in [0.25, 0.3) is 0 Å². The van der Waals surface area contributed by atoms with E-state index >= 15 is 0 Å². The molecule has 2 unspecified atom stereocenters. The SMILES string of the molecule is CCCCC(CN)NC(=O)C(NC(=O)CC(C)C)c1ccccc1. The van der Waals surface area contributed by atoms with Gasteiger partial charge in [0.15, 0.2) is 0 Å². The van der Waals surface area contributed by atoms with E-state index < -0.39 is 6.04 Å². The van der Waals surface area contributed by atoms with Crippen LogP contribution in [0, 0.1) is 5.92 Å². The van der Waals surface area contributed by atoms with Gasteiger partial charge in [0.1, 0.15) is 6.04 Å². The zero-order valence-corrected chi connectivity index (χ0v) is 15.0. The smallest absolute Gasteiger partial charge is 0.247 e. The minimum atomic E-state index is -0.687. The summed E-state index contributed by atoms with van der Waals surface area (Å²) in [6.07, 6.45) is 3.31. The predicted molar refractivity (Wildman–Crippen MR) is 97.3 cm³/mol. The van der Waals surface area contributed by atoms with Crippen molar-refractivity contribution in [3.05, 3.63) is 35.9 Å². The second-order valence-corrected chi connectivity index (χ2v) is 6.59. The van der Waals surface area contributed by atoms with Crippen LogP contribution in [0.5, 0.6) is 0 Å². The highest BCUT2D eigenvalue weighted by molar-refractivity contribution is 5.88. The van der Waals surface area contributed by atoms with Crippen LogP contribution in [0.15, 0.2) is 30.3 Å². The van der Waals surface area contributed by atoms with Gasteiger partial charge in [-0.15, -0.1) is 0 Å². The van der Waals surface area contributed by atoms with Gasteiger partial charge in [-0.25, -0.2) is 0 Å². The van der Waals surface area contributed by atoms with E-state index in [0.717, 1.165) is 24.8 Å². The number of rotatable bonds is 10. The Balaban J connectivity index is 2.83. The number of amides is 2. The van der Waals surface area contributed by atoms with Crippen LogP contribution in [0.4, 0.5) is 0 Å². The second-order valence-electron chi connectivity index (χ2n) is 6.59. The Morgan fingerprint density at radius 1 is 1.12 bits per heavy atom. The van der Waals surface area contributed by atoms with Gasteiger partial charge in [-0.1, -0.05) is 63.9 Å². The molecule has 0 saturated heterocycles. The summed E-state index contributed by atoms with van der Waals surface area (Å²) in [7, 11) is 0. The van der Waals surface area contributed by atoms with Crippen molar-refractivity contribution in [1.29, 1.82) is 0 Å². The largest absolute Gasteiger partial charge is 0.350 e. The maximum atomic E-state index is 12.7. The number of nitrogens with two attached hydrogens (primary N) is 1. The number of hydrogen-bond acceptors (Lipinski definition) is 3. The molecule has 0 spiro atoms. The molecule has 0 saturated carbocycles. The van der Waals surface area contributed by atoms with E-state index in [0.29, 0.717) is 13.0 Å². The summed E-state index contributed by atoms with van der Waals surface area (Å²) in [5.41, 5.74) is 6.54. The number of carbonyl (C=O) groups is 2. The molecule has 0 aliphatic rings. The second kappa shape index (κ2) is 10.8. The standard InChI is InChI=1S/C19H31N3O2/c1-4-5-11-16(13-20)21-19(24)18(15-9-7-6-8-10-15)22-17(23)12-14(2)3/h6-10,14,16,18H,4-5,11-13,20H2,1-3H3,(H,21,24)(H,22,23). The first-order valence-electron chi connectivity index (χ1n) is 8.82. The molecule has 1 rings (SSSR count). The molecule has 24 heavy (non-hydrogen) atoms. The number of carbonyl (C=O) groups excluding carboxylic acids is 2. The molecule has 0 heterocycles. The molecule has 1 aromatic rings. The number of nitrogens with one attached hydrogen (secondary N) is 2. The van der Waals surface area contributed by atoms with E-state index in [1.807, 2.05) is 44.2 Å². The Kier molecular flexibility index (Phi) is 9.08. The zero-order valence-electron chi connectivity index (χ0n) is 15.0. The van der Waals surface area contributed by atoms with E-state index in [2.05, 4.69) is 17.6 Å². The van der Waals surface area contributed by atoms with Gasteiger partial charge < -0.3 is 16.4 Å². The first kappa shape index (κ1) is 20.2. The molecule has 0 aromatic heterocycles. The van der Waals surface area contributed by atoms with Crippen LogP contribution >= 0.6 is 0 Å². The molecule has 4 N–H and O–H groups in total. The fourth-order valence-corrected chi connectivity index (χ4v) is 2.52. The third kappa shape index (κ3) is 7.13. The maximum absolute atomic E-state index is 12.7. The Morgan fingerprint density at radius 2 is 1.79 bits per heavy atom. The molecule has 0 aliphatic heterocycles. The van der Waals surface area contributed by atoms with Crippen molar-refractivity contribution in [2.24, 2.45) is 11.7 Å². The van der Waals surface area contributed by atoms with E-state index in [1.54, 1.807) is 0 Å². The minimum absolute atomic E-state index is 0.0642. The summed E-state index contributed by atoms with van der Waals surface area (Å²) in [5.74, 6) is -0.0810. The molecule has 5 heteroatoms. The minimum Gasteiger partial charge on any atom is -0.350 e. The third-order valence-electron chi connectivity index (χ3n) is 3.83. The first-order chi connectivity index (χ1) is 11.5. The van der Waals surface area contributed by atoms with Crippen LogP contribution in [0.1, 0.15) is 58.1 Å². The summed E-state index contributed by atoms with van der Waals surface area (Å²) >= 11 is 0. The van der Waals surface area contributed by atoms with Gasteiger partial charge >= 0.3 is 0 Å². The molecule has 2 amide bonds.